The maximum Gasteiger partial charge on any atom is 0.209 e. The second kappa shape index (κ2) is 7.09. The third kappa shape index (κ3) is 5.51. The van der Waals surface area contributed by atoms with Crippen molar-refractivity contribution in [1.82, 2.24) is 0 Å². The van der Waals surface area contributed by atoms with E-state index in [-0.39, 0.29) is 11.7 Å². The van der Waals surface area contributed by atoms with Gasteiger partial charge in [-0.25, -0.2) is 13.6 Å². The average Bonchev–Trinajstić information content (AvgIpc) is 2.32. The Morgan fingerprint density at radius 3 is 2.45 bits per heavy atom. The van der Waals surface area contributed by atoms with E-state index in [2.05, 4.69) is 26.0 Å². The molecule has 0 aliphatic carbocycles. The van der Waals surface area contributed by atoms with Gasteiger partial charge in [0.1, 0.15) is 5.75 Å². The minimum Gasteiger partial charge on any atom is -0.493 e. The van der Waals surface area contributed by atoms with E-state index in [0.717, 1.165) is 23.3 Å². The number of ether oxygens (including phenoxy) is 1. The van der Waals surface area contributed by atoms with Gasteiger partial charge in [0.25, 0.3) is 0 Å². The van der Waals surface area contributed by atoms with Crippen molar-refractivity contribution in [3.63, 3.8) is 0 Å². The van der Waals surface area contributed by atoms with Crippen molar-refractivity contribution in [3.05, 3.63) is 29.3 Å². The molecular formula is C15H25NO3S. The van der Waals surface area contributed by atoms with Gasteiger partial charge in [-0.15, -0.1) is 0 Å². The Kier molecular flexibility index (Phi) is 6.02. The molecular weight excluding hydrogens is 274 g/mol. The Hall–Kier alpha value is -1.07. The van der Waals surface area contributed by atoms with Crippen molar-refractivity contribution in [1.29, 1.82) is 0 Å². The Balaban J connectivity index is 2.80. The smallest absolute Gasteiger partial charge is 0.209 e. The van der Waals surface area contributed by atoms with Crippen molar-refractivity contribution >= 4 is 10.0 Å². The first kappa shape index (κ1) is 17.0. The van der Waals surface area contributed by atoms with Gasteiger partial charge in [0.15, 0.2) is 0 Å². The van der Waals surface area contributed by atoms with E-state index in [0.29, 0.717) is 12.5 Å². The number of benzene rings is 1. The fourth-order valence-electron chi connectivity index (χ4n) is 2.06. The Morgan fingerprint density at radius 2 is 1.95 bits per heavy atom. The molecule has 0 aliphatic rings. The van der Waals surface area contributed by atoms with Gasteiger partial charge in [-0.1, -0.05) is 32.9 Å². The van der Waals surface area contributed by atoms with E-state index in [1.54, 1.807) is 0 Å². The maximum absolute atomic E-state index is 11.2. The predicted octanol–water partition coefficient (Wildman–Crippen LogP) is 2.81. The molecule has 0 amide bonds. The molecule has 1 aromatic rings. The molecule has 1 unspecified atom stereocenters. The van der Waals surface area contributed by atoms with Gasteiger partial charge in [0.05, 0.1) is 12.4 Å². The highest BCUT2D eigenvalue weighted by molar-refractivity contribution is 7.89. The van der Waals surface area contributed by atoms with Crippen molar-refractivity contribution in [3.8, 4) is 5.75 Å². The molecule has 0 aliphatic heterocycles. The van der Waals surface area contributed by atoms with E-state index >= 15 is 0 Å². The molecule has 0 saturated carbocycles. The first-order valence-electron chi connectivity index (χ1n) is 6.96. The topological polar surface area (TPSA) is 69.4 Å². The van der Waals surface area contributed by atoms with Gasteiger partial charge in [0.2, 0.25) is 10.0 Å². The first-order valence-corrected chi connectivity index (χ1v) is 8.68. The molecule has 0 fully saturated rings. The molecule has 114 valence electrons. The number of sulfonamides is 1. The summed E-state index contributed by atoms with van der Waals surface area (Å²) in [5, 5.41) is 5.10. The van der Waals surface area contributed by atoms with Crippen LogP contribution in [0.1, 0.15) is 44.2 Å². The lowest BCUT2D eigenvalue weighted by Crippen LogP contribution is -2.26. The quantitative estimate of drug-likeness (QED) is 0.841. The van der Waals surface area contributed by atoms with Crippen molar-refractivity contribution in [2.24, 2.45) is 11.1 Å². The Bertz CT molecular complexity index is 538. The van der Waals surface area contributed by atoms with Crippen LogP contribution in [-0.2, 0) is 10.0 Å². The number of rotatable bonds is 7. The second-order valence-corrected chi connectivity index (χ2v) is 7.27. The van der Waals surface area contributed by atoms with Gasteiger partial charge in [-0.3, -0.25) is 0 Å². The van der Waals surface area contributed by atoms with Crippen molar-refractivity contribution in [2.75, 3.05) is 12.4 Å². The zero-order valence-electron chi connectivity index (χ0n) is 12.7. The van der Waals surface area contributed by atoms with E-state index in [1.165, 1.54) is 0 Å². The summed E-state index contributed by atoms with van der Waals surface area (Å²) in [5.74, 6) is 1.09. The normalized spacial score (nSPS) is 13.5. The molecule has 0 spiro atoms. The van der Waals surface area contributed by atoms with Crippen LogP contribution in [0.25, 0.3) is 0 Å². The molecule has 0 saturated heterocycles. The van der Waals surface area contributed by atoms with E-state index in [1.807, 2.05) is 19.9 Å². The van der Waals surface area contributed by atoms with E-state index < -0.39 is 10.0 Å². The summed E-state index contributed by atoms with van der Waals surface area (Å²) >= 11 is 0. The summed E-state index contributed by atoms with van der Waals surface area (Å²) in [7, 11) is -3.45. The van der Waals surface area contributed by atoms with Gasteiger partial charge >= 0.3 is 0 Å². The molecule has 4 nitrogen and oxygen atoms in total. The van der Waals surface area contributed by atoms with Crippen LogP contribution in [0.4, 0.5) is 0 Å². The van der Waals surface area contributed by atoms with E-state index in [9.17, 15) is 8.42 Å². The first-order chi connectivity index (χ1) is 9.23. The van der Waals surface area contributed by atoms with E-state index in [4.69, 9.17) is 9.88 Å². The van der Waals surface area contributed by atoms with Crippen LogP contribution in [0.5, 0.6) is 5.75 Å². The summed E-state index contributed by atoms with van der Waals surface area (Å²) in [6, 6.07) is 6.12. The molecule has 0 aromatic heterocycles. The molecule has 20 heavy (non-hydrogen) atoms. The van der Waals surface area contributed by atoms with Gasteiger partial charge in [-0.2, -0.15) is 0 Å². The van der Waals surface area contributed by atoms with Crippen LogP contribution >= 0.6 is 0 Å². The molecule has 0 radical (unpaired) electrons. The summed E-state index contributed by atoms with van der Waals surface area (Å²) in [4.78, 5) is 0. The van der Waals surface area contributed by atoms with Crippen LogP contribution in [0.2, 0.25) is 0 Å². The van der Waals surface area contributed by atoms with Crippen LogP contribution in [0, 0.1) is 12.8 Å². The molecule has 1 atom stereocenters. The van der Waals surface area contributed by atoms with Crippen LogP contribution in [0.15, 0.2) is 18.2 Å². The zero-order valence-corrected chi connectivity index (χ0v) is 13.5. The number of aryl methyl sites for hydroxylation is 1. The van der Waals surface area contributed by atoms with Gasteiger partial charge < -0.3 is 4.74 Å². The SMILES string of the molecule is CCC(COc1cc(C)ccc1C(C)C)CS(N)(=O)=O. The summed E-state index contributed by atoms with van der Waals surface area (Å²) in [6.45, 7) is 8.55. The fraction of sp³-hybridized carbons (Fsp3) is 0.600. The Labute approximate surface area is 122 Å². The van der Waals surface area contributed by atoms with Crippen LogP contribution in [-0.4, -0.2) is 20.8 Å². The van der Waals surface area contributed by atoms with Crippen LogP contribution in [0.3, 0.4) is 0 Å². The molecule has 0 heterocycles. The third-order valence-corrected chi connectivity index (χ3v) is 4.25. The summed E-state index contributed by atoms with van der Waals surface area (Å²) in [5.41, 5.74) is 2.27. The second-order valence-electron chi connectivity index (χ2n) is 5.61. The minimum absolute atomic E-state index is 0.0354. The largest absolute Gasteiger partial charge is 0.493 e. The fourth-order valence-corrected chi connectivity index (χ4v) is 3.05. The minimum atomic E-state index is -3.45. The molecule has 2 N–H and O–H groups in total. The van der Waals surface area contributed by atoms with Crippen molar-refractivity contribution in [2.45, 2.75) is 40.0 Å². The maximum atomic E-state index is 11.2. The number of hydrogen-bond acceptors (Lipinski definition) is 3. The number of nitrogens with two attached hydrogens (primary N) is 1. The zero-order chi connectivity index (χ0) is 15.3. The predicted molar refractivity (Wildman–Crippen MR) is 82.5 cm³/mol. The van der Waals surface area contributed by atoms with Gasteiger partial charge in [0, 0.05) is 5.92 Å². The Morgan fingerprint density at radius 1 is 1.30 bits per heavy atom. The molecule has 0 bridgehead atoms. The van der Waals surface area contributed by atoms with Gasteiger partial charge in [-0.05, 0) is 36.5 Å². The monoisotopic (exact) mass is 299 g/mol. The lowest BCUT2D eigenvalue weighted by molar-refractivity contribution is 0.254. The third-order valence-electron chi connectivity index (χ3n) is 3.31. The highest BCUT2D eigenvalue weighted by Crippen LogP contribution is 2.28. The lowest BCUT2D eigenvalue weighted by atomic mass is 10.0. The van der Waals surface area contributed by atoms with Crippen molar-refractivity contribution < 1.29 is 13.2 Å². The standard InChI is InChI=1S/C15H25NO3S/c1-5-13(10-20(16,17)18)9-19-15-8-12(4)6-7-14(15)11(2)3/h6-8,11,13H,5,9-10H2,1-4H3,(H2,16,17,18). The molecule has 5 heteroatoms. The van der Waals surface area contributed by atoms with Crippen LogP contribution < -0.4 is 9.88 Å². The number of primary sulfonamides is 1. The lowest BCUT2D eigenvalue weighted by Gasteiger charge is -2.18. The number of hydrogen-bond donors (Lipinski definition) is 1. The summed E-state index contributed by atoms with van der Waals surface area (Å²) in [6.07, 6.45) is 0.721. The molecule has 1 rings (SSSR count). The molecule has 1 aromatic carbocycles. The highest BCUT2D eigenvalue weighted by Gasteiger charge is 2.16. The highest BCUT2D eigenvalue weighted by atomic mass is 32.2. The average molecular weight is 299 g/mol. The summed E-state index contributed by atoms with van der Waals surface area (Å²) < 4.78 is 28.2.